The summed E-state index contributed by atoms with van der Waals surface area (Å²) in [4.78, 5) is 0.941. The quantitative estimate of drug-likeness (QED) is 0.527. The van der Waals surface area contributed by atoms with Gasteiger partial charge in [0.2, 0.25) is 0 Å². The van der Waals surface area contributed by atoms with E-state index in [1.807, 2.05) is 0 Å². The SMILES string of the molecule is COS(=O)(=O)NO.Cl. The average Bonchev–Trinajstić information content (AvgIpc) is 1.68. The van der Waals surface area contributed by atoms with Crippen molar-refractivity contribution < 1.29 is 17.8 Å². The smallest absolute Gasteiger partial charge is 0.300 e. The molecule has 0 fully saturated rings. The van der Waals surface area contributed by atoms with Crippen molar-refractivity contribution in [3.05, 3.63) is 0 Å². The third-order valence-electron chi connectivity index (χ3n) is 0.331. The zero-order valence-corrected chi connectivity index (χ0v) is 5.62. The molecule has 0 unspecified atom stereocenters. The lowest BCUT2D eigenvalue weighted by Gasteiger charge is -1.91. The van der Waals surface area contributed by atoms with Crippen molar-refractivity contribution in [1.29, 1.82) is 0 Å². The van der Waals surface area contributed by atoms with Crippen LogP contribution >= 0.6 is 12.4 Å². The van der Waals surface area contributed by atoms with Crippen molar-refractivity contribution in [2.45, 2.75) is 0 Å². The second-order valence-corrected chi connectivity index (χ2v) is 2.14. The van der Waals surface area contributed by atoms with E-state index in [2.05, 4.69) is 4.18 Å². The maximum atomic E-state index is 9.78. The first kappa shape index (κ1) is 11.0. The largest absolute Gasteiger partial charge is 0.357 e. The molecule has 0 amide bonds. The molecule has 0 aliphatic heterocycles. The van der Waals surface area contributed by atoms with Gasteiger partial charge in [0.25, 0.3) is 0 Å². The molecule has 5 nitrogen and oxygen atoms in total. The van der Waals surface area contributed by atoms with E-state index in [9.17, 15) is 8.42 Å². The Morgan fingerprint density at radius 2 is 2.00 bits per heavy atom. The Labute approximate surface area is 53.3 Å². The van der Waals surface area contributed by atoms with E-state index in [0.717, 1.165) is 12.0 Å². The minimum absolute atomic E-state index is 0. The Kier molecular flexibility index (Phi) is 5.56. The van der Waals surface area contributed by atoms with Gasteiger partial charge in [-0.3, -0.25) is 4.18 Å². The van der Waals surface area contributed by atoms with Gasteiger partial charge < -0.3 is 5.21 Å². The molecule has 52 valence electrons. The van der Waals surface area contributed by atoms with E-state index in [1.165, 1.54) is 0 Å². The molecule has 2 N–H and O–H groups in total. The van der Waals surface area contributed by atoms with Crippen LogP contribution in [0.5, 0.6) is 0 Å². The van der Waals surface area contributed by atoms with Crippen LogP contribution in [0.15, 0.2) is 0 Å². The monoisotopic (exact) mass is 163 g/mol. The summed E-state index contributed by atoms with van der Waals surface area (Å²) in [6, 6.07) is 0. The summed E-state index contributed by atoms with van der Waals surface area (Å²) in [6.07, 6.45) is 0. The Bertz CT molecular complexity index is 119. The van der Waals surface area contributed by atoms with Crippen molar-refractivity contribution in [3.63, 3.8) is 0 Å². The van der Waals surface area contributed by atoms with Gasteiger partial charge in [-0.1, -0.05) is 4.89 Å². The molecular weight excluding hydrogens is 158 g/mol. The summed E-state index contributed by atoms with van der Waals surface area (Å²) < 4.78 is 23.3. The van der Waals surface area contributed by atoms with Gasteiger partial charge in [-0.15, -0.1) is 12.4 Å². The zero-order valence-electron chi connectivity index (χ0n) is 3.99. The minimum atomic E-state index is -3.85. The molecule has 0 aliphatic carbocycles. The van der Waals surface area contributed by atoms with Crippen molar-refractivity contribution >= 4 is 22.7 Å². The van der Waals surface area contributed by atoms with Gasteiger partial charge in [0.15, 0.2) is 0 Å². The molecule has 0 heterocycles. The molecule has 0 spiro atoms. The van der Waals surface area contributed by atoms with Crippen LogP contribution in [-0.2, 0) is 14.5 Å². The lowest BCUT2D eigenvalue weighted by Crippen LogP contribution is -2.19. The molecule has 7 heteroatoms. The van der Waals surface area contributed by atoms with Crippen LogP contribution in [0.3, 0.4) is 0 Å². The van der Waals surface area contributed by atoms with Gasteiger partial charge >= 0.3 is 10.3 Å². The van der Waals surface area contributed by atoms with Gasteiger partial charge in [-0.2, -0.15) is 8.42 Å². The first-order valence-corrected chi connectivity index (χ1v) is 2.74. The molecule has 0 aromatic heterocycles. The molecule has 0 bridgehead atoms. The molecule has 0 aliphatic rings. The standard InChI is InChI=1S/CH5NO4S.ClH/c1-6-7(4,5)2-3;/h2-3H,1H3;1H. The second kappa shape index (κ2) is 4.04. The molecule has 0 aromatic rings. The maximum Gasteiger partial charge on any atom is 0.357 e. The van der Waals surface area contributed by atoms with E-state index in [-0.39, 0.29) is 12.4 Å². The number of hydrogen-bond donors (Lipinski definition) is 2. The fraction of sp³-hybridized carbons (Fsp3) is 1.00. The number of hydrogen-bond acceptors (Lipinski definition) is 4. The van der Waals surface area contributed by atoms with Crippen LogP contribution in [0, 0.1) is 0 Å². The highest BCUT2D eigenvalue weighted by molar-refractivity contribution is 7.84. The normalized spacial score (nSPS) is 10.2. The van der Waals surface area contributed by atoms with Crippen LogP contribution < -0.4 is 4.89 Å². The predicted octanol–water partition coefficient (Wildman–Crippen LogP) is -0.722. The Morgan fingerprint density at radius 3 is 2.00 bits per heavy atom. The highest BCUT2D eigenvalue weighted by atomic mass is 35.5. The number of nitrogens with one attached hydrogen (secondary N) is 1. The Hall–Kier alpha value is 0.120. The zero-order chi connectivity index (χ0) is 5.91. The van der Waals surface area contributed by atoms with Gasteiger partial charge in [-0.25, -0.2) is 0 Å². The first-order valence-electron chi connectivity index (χ1n) is 1.34. The average molecular weight is 164 g/mol. The Morgan fingerprint density at radius 1 is 1.62 bits per heavy atom. The van der Waals surface area contributed by atoms with Gasteiger partial charge in [-0.05, 0) is 0 Å². The van der Waals surface area contributed by atoms with Crippen LogP contribution in [-0.4, -0.2) is 20.7 Å². The van der Waals surface area contributed by atoms with Crippen molar-refractivity contribution in [3.8, 4) is 0 Å². The predicted molar refractivity (Wildman–Crippen MR) is 28.1 cm³/mol. The molecule has 0 rings (SSSR count). The van der Waals surface area contributed by atoms with Crippen molar-refractivity contribution in [2.75, 3.05) is 7.11 Å². The molecule has 0 aromatic carbocycles. The highest BCUT2D eigenvalue weighted by Gasteiger charge is 2.00. The molecule has 0 atom stereocenters. The van der Waals surface area contributed by atoms with Crippen molar-refractivity contribution in [2.24, 2.45) is 0 Å². The molecule has 8 heavy (non-hydrogen) atoms. The first-order chi connectivity index (χ1) is 3.12. The van der Waals surface area contributed by atoms with E-state index < -0.39 is 10.3 Å². The topological polar surface area (TPSA) is 75.6 Å². The van der Waals surface area contributed by atoms with Crippen LogP contribution in [0.2, 0.25) is 0 Å². The third kappa shape index (κ3) is 4.28. The number of halogens is 1. The fourth-order valence-electron chi connectivity index (χ4n) is 0.0373. The van der Waals surface area contributed by atoms with E-state index in [1.54, 1.807) is 0 Å². The summed E-state index contributed by atoms with van der Waals surface area (Å²) in [5.74, 6) is 0. The molecule has 0 radical (unpaired) electrons. The lowest BCUT2D eigenvalue weighted by molar-refractivity contribution is 0.217. The molecule has 0 saturated carbocycles. The van der Waals surface area contributed by atoms with E-state index >= 15 is 0 Å². The third-order valence-corrected chi connectivity index (χ3v) is 0.994. The minimum Gasteiger partial charge on any atom is -0.300 e. The van der Waals surface area contributed by atoms with Crippen LogP contribution in [0.25, 0.3) is 0 Å². The molecular formula is CH6ClNO4S. The maximum absolute atomic E-state index is 9.78. The summed E-state index contributed by atoms with van der Waals surface area (Å²) >= 11 is 0. The second-order valence-electron chi connectivity index (χ2n) is 0.712. The van der Waals surface area contributed by atoms with E-state index in [4.69, 9.17) is 5.21 Å². The van der Waals surface area contributed by atoms with Crippen LogP contribution in [0.4, 0.5) is 0 Å². The van der Waals surface area contributed by atoms with Crippen LogP contribution in [0.1, 0.15) is 0 Å². The lowest BCUT2D eigenvalue weighted by atomic mass is 11.8. The highest BCUT2D eigenvalue weighted by Crippen LogP contribution is 1.75. The summed E-state index contributed by atoms with van der Waals surface area (Å²) in [5.41, 5.74) is 0. The Balaban J connectivity index is 0. The van der Waals surface area contributed by atoms with Gasteiger partial charge in [0.1, 0.15) is 0 Å². The van der Waals surface area contributed by atoms with Crippen molar-refractivity contribution in [1.82, 2.24) is 4.89 Å². The summed E-state index contributed by atoms with van der Waals surface area (Å²) in [6.45, 7) is 0. The fourth-order valence-corrected chi connectivity index (χ4v) is 0.112. The summed E-state index contributed by atoms with van der Waals surface area (Å²) in [5, 5.41) is 7.63. The molecule has 0 saturated heterocycles. The van der Waals surface area contributed by atoms with E-state index in [0.29, 0.717) is 0 Å². The number of rotatable bonds is 2. The van der Waals surface area contributed by atoms with Gasteiger partial charge in [0, 0.05) is 0 Å². The summed E-state index contributed by atoms with van der Waals surface area (Å²) in [7, 11) is -2.92. The van der Waals surface area contributed by atoms with Gasteiger partial charge in [0.05, 0.1) is 7.11 Å².